The molecule has 3 aromatic rings. The number of aromatic nitrogens is 3. The van der Waals surface area contributed by atoms with Gasteiger partial charge in [-0.2, -0.15) is 5.10 Å². The molecule has 2 atom stereocenters. The summed E-state index contributed by atoms with van der Waals surface area (Å²) in [5.74, 6) is 0.999. The Hall–Kier alpha value is -1.92. The number of hydrogen-bond donors (Lipinski definition) is 0. The first-order chi connectivity index (χ1) is 12.6. The zero-order chi connectivity index (χ0) is 18.1. The summed E-state index contributed by atoms with van der Waals surface area (Å²) in [6.45, 7) is 4.48. The standard InChI is InChI=1S/C20H24BrN5/c1-15-12-17(10-11-25(15)13-16-6-4-3-5-7-16)24(2)20-18-8-9-19(21)26(18)23-14-22-20/h3-9,14-15,17H,10-13H2,1-2H3. The Balaban J connectivity index is 1.48. The van der Waals surface area contributed by atoms with E-state index in [1.807, 2.05) is 10.6 Å². The highest BCUT2D eigenvalue weighted by molar-refractivity contribution is 9.10. The van der Waals surface area contributed by atoms with Crippen molar-refractivity contribution in [2.75, 3.05) is 18.5 Å². The van der Waals surface area contributed by atoms with Crippen molar-refractivity contribution in [3.8, 4) is 0 Å². The normalized spacial score (nSPS) is 21.2. The second-order valence-electron chi connectivity index (χ2n) is 7.13. The van der Waals surface area contributed by atoms with Gasteiger partial charge in [0.25, 0.3) is 0 Å². The fourth-order valence-electron chi connectivity index (χ4n) is 3.93. The van der Waals surface area contributed by atoms with Gasteiger partial charge in [-0.05, 0) is 53.4 Å². The van der Waals surface area contributed by atoms with Gasteiger partial charge in [0.2, 0.25) is 0 Å². The average molecular weight is 414 g/mol. The van der Waals surface area contributed by atoms with Gasteiger partial charge in [-0.25, -0.2) is 9.50 Å². The molecular weight excluding hydrogens is 390 g/mol. The van der Waals surface area contributed by atoms with E-state index in [1.165, 1.54) is 5.56 Å². The molecule has 0 aliphatic carbocycles. The van der Waals surface area contributed by atoms with Crippen LogP contribution in [0.25, 0.3) is 5.52 Å². The lowest BCUT2D eigenvalue weighted by Gasteiger charge is -2.41. The molecule has 0 bridgehead atoms. The minimum atomic E-state index is 0.490. The predicted molar refractivity (Wildman–Crippen MR) is 108 cm³/mol. The van der Waals surface area contributed by atoms with Gasteiger partial charge in [-0.15, -0.1) is 0 Å². The molecule has 0 radical (unpaired) electrons. The first-order valence-electron chi connectivity index (χ1n) is 9.12. The van der Waals surface area contributed by atoms with Crippen molar-refractivity contribution in [1.82, 2.24) is 19.5 Å². The molecule has 0 amide bonds. The summed E-state index contributed by atoms with van der Waals surface area (Å²) in [5, 5.41) is 4.33. The van der Waals surface area contributed by atoms with Crippen LogP contribution in [0.4, 0.5) is 5.82 Å². The quantitative estimate of drug-likeness (QED) is 0.647. The Morgan fingerprint density at radius 1 is 1.19 bits per heavy atom. The summed E-state index contributed by atoms with van der Waals surface area (Å²) >= 11 is 3.54. The van der Waals surface area contributed by atoms with Crippen LogP contribution < -0.4 is 4.90 Å². The van der Waals surface area contributed by atoms with Crippen LogP contribution in [0.3, 0.4) is 0 Å². The Morgan fingerprint density at radius 2 is 2.00 bits per heavy atom. The molecule has 1 fully saturated rings. The predicted octanol–water partition coefficient (Wildman–Crippen LogP) is 3.98. The Kier molecular flexibility index (Phi) is 4.96. The molecule has 2 aromatic heterocycles. The van der Waals surface area contributed by atoms with Gasteiger partial charge in [-0.1, -0.05) is 30.3 Å². The summed E-state index contributed by atoms with van der Waals surface area (Å²) in [6, 6.07) is 15.9. The van der Waals surface area contributed by atoms with Crippen LogP contribution in [0, 0.1) is 0 Å². The third kappa shape index (κ3) is 3.35. The molecule has 136 valence electrons. The zero-order valence-electron chi connectivity index (χ0n) is 15.2. The van der Waals surface area contributed by atoms with Gasteiger partial charge in [0.15, 0.2) is 5.82 Å². The molecular formula is C20H24BrN5. The average Bonchev–Trinajstić information content (AvgIpc) is 3.05. The van der Waals surface area contributed by atoms with Crippen LogP contribution in [0.2, 0.25) is 0 Å². The number of piperidine rings is 1. The van der Waals surface area contributed by atoms with E-state index in [4.69, 9.17) is 0 Å². The molecule has 1 saturated heterocycles. The SMILES string of the molecule is CC1CC(N(C)c2ncnn3c(Br)ccc23)CCN1Cc1ccccc1. The zero-order valence-corrected chi connectivity index (χ0v) is 16.8. The van der Waals surface area contributed by atoms with E-state index >= 15 is 0 Å². The van der Waals surface area contributed by atoms with Crippen LogP contribution in [0.1, 0.15) is 25.3 Å². The van der Waals surface area contributed by atoms with Crippen LogP contribution >= 0.6 is 15.9 Å². The van der Waals surface area contributed by atoms with Crippen molar-refractivity contribution in [3.63, 3.8) is 0 Å². The lowest BCUT2D eigenvalue weighted by molar-refractivity contribution is 0.138. The maximum Gasteiger partial charge on any atom is 0.156 e. The minimum absolute atomic E-state index is 0.490. The number of anilines is 1. The molecule has 0 N–H and O–H groups in total. The highest BCUT2D eigenvalue weighted by Crippen LogP contribution is 2.28. The van der Waals surface area contributed by atoms with Gasteiger partial charge in [0, 0.05) is 32.2 Å². The van der Waals surface area contributed by atoms with Crippen LogP contribution in [-0.2, 0) is 6.54 Å². The Morgan fingerprint density at radius 3 is 2.77 bits per heavy atom. The fourth-order valence-corrected chi connectivity index (χ4v) is 4.35. The lowest BCUT2D eigenvalue weighted by Crippen LogP contribution is -2.48. The number of benzene rings is 1. The lowest BCUT2D eigenvalue weighted by atomic mass is 9.96. The summed E-state index contributed by atoms with van der Waals surface area (Å²) in [4.78, 5) is 9.49. The van der Waals surface area contributed by atoms with E-state index in [0.29, 0.717) is 12.1 Å². The number of rotatable bonds is 4. The molecule has 26 heavy (non-hydrogen) atoms. The van der Waals surface area contributed by atoms with E-state index in [-0.39, 0.29) is 0 Å². The molecule has 0 saturated carbocycles. The molecule has 6 heteroatoms. The summed E-state index contributed by atoms with van der Waals surface area (Å²) in [5.41, 5.74) is 2.43. The number of nitrogens with zero attached hydrogens (tertiary/aromatic N) is 5. The fraction of sp³-hybridized carbons (Fsp3) is 0.400. The maximum atomic E-state index is 4.57. The molecule has 1 aliphatic rings. The minimum Gasteiger partial charge on any atom is -0.355 e. The van der Waals surface area contributed by atoms with Gasteiger partial charge < -0.3 is 4.90 Å². The number of likely N-dealkylation sites (tertiary alicyclic amines) is 1. The van der Waals surface area contributed by atoms with Crippen LogP contribution in [-0.4, -0.2) is 45.2 Å². The summed E-state index contributed by atoms with van der Waals surface area (Å²) in [7, 11) is 2.16. The van der Waals surface area contributed by atoms with Crippen molar-refractivity contribution in [2.24, 2.45) is 0 Å². The van der Waals surface area contributed by atoms with Crippen molar-refractivity contribution in [1.29, 1.82) is 0 Å². The number of halogens is 1. The van der Waals surface area contributed by atoms with Gasteiger partial charge >= 0.3 is 0 Å². The van der Waals surface area contributed by atoms with E-state index in [9.17, 15) is 0 Å². The van der Waals surface area contributed by atoms with E-state index in [0.717, 1.165) is 41.9 Å². The van der Waals surface area contributed by atoms with Gasteiger partial charge in [0.05, 0.1) is 0 Å². The number of hydrogen-bond acceptors (Lipinski definition) is 4. The smallest absolute Gasteiger partial charge is 0.156 e. The Labute approximate surface area is 162 Å². The molecule has 4 rings (SSSR count). The molecule has 1 aliphatic heterocycles. The van der Waals surface area contributed by atoms with Crippen molar-refractivity contribution < 1.29 is 0 Å². The third-order valence-corrected chi connectivity index (χ3v) is 6.08. The molecule has 1 aromatic carbocycles. The van der Waals surface area contributed by atoms with E-state index in [1.54, 1.807) is 6.33 Å². The second-order valence-corrected chi connectivity index (χ2v) is 7.94. The summed E-state index contributed by atoms with van der Waals surface area (Å²) < 4.78 is 2.85. The highest BCUT2D eigenvalue weighted by atomic mass is 79.9. The van der Waals surface area contributed by atoms with Gasteiger partial charge in [-0.3, -0.25) is 4.90 Å². The molecule has 0 spiro atoms. The maximum absolute atomic E-state index is 4.57. The van der Waals surface area contributed by atoms with Crippen molar-refractivity contribution >= 4 is 27.3 Å². The van der Waals surface area contributed by atoms with E-state index < -0.39 is 0 Å². The second kappa shape index (κ2) is 7.37. The molecule has 3 heterocycles. The topological polar surface area (TPSA) is 36.7 Å². The largest absolute Gasteiger partial charge is 0.355 e. The van der Waals surface area contributed by atoms with Crippen LogP contribution in [0.5, 0.6) is 0 Å². The molecule has 2 unspecified atom stereocenters. The third-order valence-electron chi connectivity index (χ3n) is 5.48. The molecule has 5 nitrogen and oxygen atoms in total. The highest BCUT2D eigenvalue weighted by Gasteiger charge is 2.29. The first-order valence-corrected chi connectivity index (χ1v) is 9.92. The monoisotopic (exact) mass is 413 g/mol. The Bertz CT molecular complexity index is 878. The summed E-state index contributed by atoms with van der Waals surface area (Å²) in [6.07, 6.45) is 3.92. The number of fused-ring (bicyclic) bond motifs is 1. The van der Waals surface area contributed by atoms with Gasteiger partial charge in [0.1, 0.15) is 16.4 Å². The van der Waals surface area contributed by atoms with Crippen molar-refractivity contribution in [3.05, 3.63) is 59.0 Å². The van der Waals surface area contributed by atoms with E-state index in [2.05, 4.69) is 86.2 Å². The van der Waals surface area contributed by atoms with Crippen molar-refractivity contribution in [2.45, 2.75) is 38.4 Å². The first kappa shape index (κ1) is 17.5. The van der Waals surface area contributed by atoms with Crippen LogP contribution in [0.15, 0.2) is 53.4 Å².